The van der Waals surface area contributed by atoms with Crippen molar-refractivity contribution in [1.82, 2.24) is 9.55 Å². The van der Waals surface area contributed by atoms with E-state index in [-0.39, 0.29) is 0 Å². The average Bonchev–Trinajstić information content (AvgIpc) is 3.57. The monoisotopic (exact) mass is 663 g/mol. The van der Waals surface area contributed by atoms with Gasteiger partial charge in [0.2, 0.25) is 0 Å². The highest BCUT2D eigenvalue weighted by Crippen LogP contribution is 2.43. The Labute approximate surface area is 302 Å². The van der Waals surface area contributed by atoms with Crippen LogP contribution in [0.3, 0.4) is 0 Å². The standard InChI is InChI=1S/C49H33N3/c1-4-14-34(15-5-1)35-24-28-39(29-25-35)51(37-16-6-2-7-17-37)40-30-26-36(27-31-40)49-43-32-33-46-48(47(43)41-20-10-12-22-44(41)50-49)42-21-11-13-23-45(42)52(46)38-18-8-3-9-19-38/h1-33H. The fourth-order valence-corrected chi connectivity index (χ4v) is 7.80. The summed E-state index contributed by atoms with van der Waals surface area (Å²) in [5.74, 6) is 0. The lowest BCUT2D eigenvalue weighted by atomic mass is 9.96. The Hall–Kier alpha value is -6.97. The van der Waals surface area contributed by atoms with Gasteiger partial charge in [-0.1, -0.05) is 133 Å². The third kappa shape index (κ3) is 4.94. The maximum atomic E-state index is 5.33. The first-order chi connectivity index (χ1) is 25.8. The Bertz CT molecular complexity index is 2860. The molecule has 0 radical (unpaired) electrons. The van der Waals surface area contributed by atoms with E-state index >= 15 is 0 Å². The summed E-state index contributed by atoms with van der Waals surface area (Å²) >= 11 is 0. The molecular weight excluding hydrogens is 631 g/mol. The van der Waals surface area contributed by atoms with Crippen LogP contribution in [-0.4, -0.2) is 9.55 Å². The normalized spacial score (nSPS) is 11.5. The van der Waals surface area contributed by atoms with E-state index in [2.05, 4.69) is 210 Å². The first-order valence-electron chi connectivity index (χ1n) is 17.7. The Kier molecular flexibility index (Phi) is 7.14. The lowest BCUT2D eigenvalue weighted by molar-refractivity contribution is 1.18. The van der Waals surface area contributed by atoms with Crippen LogP contribution in [0.5, 0.6) is 0 Å². The highest BCUT2D eigenvalue weighted by Gasteiger charge is 2.20. The second-order valence-corrected chi connectivity index (χ2v) is 13.2. The van der Waals surface area contributed by atoms with E-state index < -0.39 is 0 Å². The molecule has 0 atom stereocenters. The van der Waals surface area contributed by atoms with Crippen LogP contribution in [0.4, 0.5) is 17.1 Å². The number of fused-ring (bicyclic) bond motifs is 7. The summed E-state index contributed by atoms with van der Waals surface area (Å²) in [6, 6.07) is 71.3. The fourth-order valence-electron chi connectivity index (χ4n) is 7.80. The smallest absolute Gasteiger partial charge is 0.0788 e. The van der Waals surface area contributed by atoms with Crippen molar-refractivity contribution >= 4 is 60.5 Å². The van der Waals surface area contributed by atoms with Gasteiger partial charge in [-0.05, 0) is 77.9 Å². The van der Waals surface area contributed by atoms with Crippen molar-refractivity contribution in [3.05, 3.63) is 200 Å². The summed E-state index contributed by atoms with van der Waals surface area (Å²) in [6.45, 7) is 0. The van der Waals surface area contributed by atoms with Gasteiger partial charge in [0, 0.05) is 55.2 Å². The summed E-state index contributed by atoms with van der Waals surface area (Å²) in [5.41, 5.74) is 12.3. The minimum Gasteiger partial charge on any atom is -0.311 e. The van der Waals surface area contributed by atoms with E-state index in [1.807, 2.05) is 0 Å². The molecule has 8 aromatic carbocycles. The van der Waals surface area contributed by atoms with Gasteiger partial charge in [0.25, 0.3) is 0 Å². The molecular formula is C49H33N3. The first kappa shape index (κ1) is 29.9. The minimum atomic E-state index is 0.983. The predicted octanol–water partition coefficient (Wildman–Crippen LogP) is 13.3. The number of benzene rings is 8. The van der Waals surface area contributed by atoms with Gasteiger partial charge >= 0.3 is 0 Å². The second-order valence-electron chi connectivity index (χ2n) is 13.2. The van der Waals surface area contributed by atoms with Crippen molar-refractivity contribution in [3.63, 3.8) is 0 Å². The van der Waals surface area contributed by atoms with Crippen molar-refractivity contribution in [2.75, 3.05) is 4.90 Å². The maximum absolute atomic E-state index is 5.33. The summed E-state index contributed by atoms with van der Waals surface area (Å²) < 4.78 is 2.39. The molecule has 0 saturated heterocycles. The molecule has 52 heavy (non-hydrogen) atoms. The van der Waals surface area contributed by atoms with Gasteiger partial charge in [0.1, 0.15) is 0 Å². The van der Waals surface area contributed by atoms with Gasteiger partial charge < -0.3 is 9.47 Å². The van der Waals surface area contributed by atoms with Crippen LogP contribution in [0.25, 0.3) is 71.6 Å². The van der Waals surface area contributed by atoms with Crippen LogP contribution in [0.1, 0.15) is 0 Å². The Morgan fingerprint density at radius 1 is 0.346 bits per heavy atom. The average molecular weight is 664 g/mol. The molecule has 0 aliphatic carbocycles. The first-order valence-corrected chi connectivity index (χ1v) is 17.7. The molecule has 3 nitrogen and oxygen atoms in total. The van der Waals surface area contributed by atoms with Crippen molar-refractivity contribution < 1.29 is 0 Å². The quantitative estimate of drug-likeness (QED) is 0.165. The summed E-state index contributed by atoms with van der Waals surface area (Å²) in [4.78, 5) is 7.65. The largest absolute Gasteiger partial charge is 0.311 e. The number of para-hydroxylation sites is 4. The van der Waals surface area contributed by atoms with Gasteiger partial charge in [-0.2, -0.15) is 0 Å². The van der Waals surface area contributed by atoms with Crippen LogP contribution in [-0.2, 0) is 0 Å². The molecule has 3 heteroatoms. The van der Waals surface area contributed by atoms with Crippen LogP contribution >= 0.6 is 0 Å². The van der Waals surface area contributed by atoms with Crippen LogP contribution in [0.2, 0.25) is 0 Å². The van der Waals surface area contributed by atoms with Crippen molar-refractivity contribution in [1.29, 1.82) is 0 Å². The predicted molar refractivity (Wildman–Crippen MR) is 219 cm³/mol. The molecule has 0 saturated carbocycles. The Balaban J connectivity index is 1.14. The van der Waals surface area contributed by atoms with E-state index in [1.54, 1.807) is 0 Å². The van der Waals surface area contributed by atoms with Gasteiger partial charge in [0.05, 0.1) is 22.2 Å². The third-order valence-corrected chi connectivity index (χ3v) is 10.2. The maximum Gasteiger partial charge on any atom is 0.0788 e. The molecule has 0 unspecified atom stereocenters. The number of aromatic nitrogens is 2. The van der Waals surface area contributed by atoms with Gasteiger partial charge in [-0.25, -0.2) is 4.98 Å². The van der Waals surface area contributed by atoms with Crippen LogP contribution in [0, 0.1) is 0 Å². The third-order valence-electron chi connectivity index (χ3n) is 10.2. The molecule has 10 aromatic rings. The fraction of sp³-hybridized carbons (Fsp3) is 0. The van der Waals surface area contributed by atoms with Gasteiger partial charge in [0.15, 0.2) is 0 Å². The lowest BCUT2D eigenvalue weighted by Crippen LogP contribution is -2.09. The van der Waals surface area contributed by atoms with E-state index in [0.717, 1.165) is 50.3 Å². The molecule has 0 amide bonds. The lowest BCUT2D eigenvalue weighted by Gasteiger charge is -2.26. The number of nitrogens with zero attached hydrogens (tertiary/aromatic N) is 3. The molecule has 0 aliphatic heterocycles. The highest BCUT2D eigenvalue weighted by molar-refractivity contribution is 6.29. The number of anilines is 3. The van der Waals surface area contributed by atoms with Gasteiger partial charge in [-0.15, -0.1) is 0 Å². The molecule has 0 bridgehead atoms. The molecule has 2 heterocycles. The molecule has 0 N–H and O–H groups in total. The number of rotatable bonds is 6. The zero-order valence-corrected chi connectivity index (χ0v) is 28.4. The summed E-state index contributed by atoms with van der Waals surface area (Å²) in [6.07, 6.45) is 0. The number of hydrogen-bond acceptors (Lipinski definition) is 2. The molecule has 0 spiro atoms. The minimum absolute atomic E-state index is 0.983. The van der Waals surface area contributed by atoms with Crippen LogP contribution in [0.15, 0.2) is 200 Å². The zero-order chi connectivity index (χ0) is 34.4. The van der Waals surface area contributed by atoms with Crippen molar-refractivity contribution in [2.24, 2.45) is 0 Å². The Morgan fingerprint density at radius 2 is 0.885 bits per heavy atom. The van der Waals surface area contributed by atoms with Gasteiger partial charge in [-0.3, -0.25) is 0 Å². The second kappa shape index (κ2) is 12.4. The molecule has 10 rings (SSSR count). The summed E-state index contributed by atoms with van der Waals surface area (Å²) in [7, 11) is 0. The van der Waals surface area contributed by atoms with E-state index in [1.165, 1.54) is 38.3 Å². The molecule has 244 valence electrons. The zero-order valence-electron chi connectivity index (χ0n) is 28.4. The van der Waals surface area contributed by atoms with Crippen LogP contribution < -0.4 is 4.90 Å². The molecule has 0 fully saturated rings. The van der Waals surface area contributed by atoms with E-state index in [9.17, 15) is 0 Å². The molecule has 0 aliphatic rings. The van der Waals surface area contributed by atoms with Crippen molar-refractivity contribution in [3.8, 4) is 28.1 Å². The number of pyridine rings is 1. The van der Waals surface area contributed by atoms with Crippen molar-refractivity contribution in [2.45, 2.75) is 0 Å². The number of hydrogen-bond donors (Lipinski definition) is 0. The molecule has 2 aromatic heterocycles. The van der Waals surface area contributed by atoms with E-state index in [4.69, 9.17) is 4.98 Å². The van der Waals surface area contributed by atoms with E-state index in [0.29, 0.717) is 0 Å². The highest BCUT2D eigenvalue weighted by atomic mass is 15.1. The topological polar surface area (TPSA) is 21.1 Å². The SMILES string of the molecule is c1ccc(-c2ccc(N(c3ccccc3)c3ccc(-c4nc5ccccc5c5c4ccc4c5c5ccccc5n4-c4ccccc4)cc3)cc2)cc1. The summed E-state index contributed by atoms with van der Waals surface area (Å²) in [5, 5.41) is 6.03. The Morgan fingerprint density at radius 3 is 1.60 bits per heavy atom.